The van der Waals surface area contributed by atoms with Gasteiger partial charge >= 0.3 is 0 Å². The van der Waals surface area contributed by atoms with E-state index in [1.807, 2.05) is 66.2 Å². The SMILES string of the molecule is Cc1ccc(OSCc2cn(-c3ccc(S(C)(=O)=O)cc3)c(-c3ccc(Cl)cc3)n2)cc1. The Labute approximate surface area is 197 Å². The smallest absolute Gasteiger partial charge is 0.175 e. The summed E-state index contributed by atoms with van der Waals surface area (Å²) in [5, 5.41) is 0.645. The monoisotopic (exact) mass is 484 g/mol. The van der Waals surface area contributed by atoms with Gasteiger partial charge in [0.1, 0.15) is 11.6 Å². The highest BCUT2D eigenvalue weighted by Crippen LogP contribution is 2.27. The molecular formula is C24H21ClN2O3S2. The van der Waals surface area contributed by atoms with Gasteiger partial charge in [0.15, 0.2) is 9.84 Å². The van der Waals surface area contributed by atoms with Crippen LogP contribution in [-0.2, 0) is 15.6 Å². The average Bonchev–Trinajstić information content (AvgIpc) is 3.19. The van der Waals surface area contributed by atoms with Crippen LogP contribution in [0.25, 0.3) is 17.1 Å². The lowest BCUT2D eigenvalue weighted by molar-refractivity contribution is 0.602. The van der Waals surface area contributed by atoms with Gasteiger partial charge in [0.2, 0.25) is 0 Å². The maximum absolute atomic E-state index is 11.8. The molecule has 0 radical (unpaired) electrons. The zero-order valence-electron chi connectivity index (χ0n) is 17.5. The molecule has 1 aromatic heterocycles. The summed E-state index contributed by atoms with van der Waals surface area (Å²) in [5.41, 5.74) is 3.72. The number of halogens is 1. The van der Waals surface area contributed by atoms with Gasteiger partial charge in [-0.15, -0.1) is 0 Å². The van der Waals surface area contributed by atoms with Gasteiger partial charge in [0.25, 0.3) is 0 Å². The minimum Gasteiger partial charge on any atom is -0.425 e. The van der Waals surface area contributed by atoms with Crippen LogP contribution in [0, 0.1) is 6.92 Å². The third kappa shape index (κ3) is 5.35. The predicted octanol–water partition coefficient (Wildman–Crippen LogP) is 6.13. The van der Waals surface area contributed by atoms with Crippen LogP contribution < -0.4 is 4.18 Å². The fraction of sp³-hybridized carbons (Fsp3) is 0.125. The van der Waals surface area contributed by atoms with Crippen molar-refractivity contribution in [2.45, 2.75) is 17.6 Å². The summed E-state index contributed by atoms with van der Waals surface area (Å²) in [6.45, 7) is 2.03. The van der Waals surface area contributed by atoms with Crippen molar-refractivity contribution >= 4 is 33.5 Å². The van der Waals surface area contributed by atoms with Crippen LogP contribution >= 0.6 is 23.6 Å². The molecular weight excluding hydrogens is 464 g/mol. The molecule has 0 amide bonds. The standard InChI is InChI=1S/C24H21ClN2O3S2/c1-17-3-11-22(12-4-17)30-31-16-20-15-27(21-9-13-23(14-10-21)32(2,28)29)24(26-20)18-5-7-19(25)8-6-18/h3-15H,16H2,1-2H3. The summed E-state index contributed by atoms with van der Waals surface area (Å²) in [7, 11) is -3.26. The van der Waals surface area contributed by atoms with Crippen molar-refractivity contribution in [3.63, 3.8) is 0 Å². The molecule has 0 saturated heterocycles. The highest BCUT2D eigenvalue weighted by atomic mass is 35.5. The third-order valence-corrected chi connectivity index (χ3v) is 6.89. The lowest BCUT2D eigenvalue weighted by Crippen LogP contribution is -1.99. The molecule has 4 rings (SSSR count). The maximum Gasteiger partial charge on any atom is 0.175 e. The van der Waals surface area contributed by atoms with Crippen LogP contribution in [0.4, 0.5) is 0 Å². The summed E-state index contributed by atoms with van der Waals surface area (Å²) in [4.78, 5) is 5.08. The largest absolute Gasteiger partial charge is 0.425 e. The predicted molar refractivity (Wildman–Crippen MR) is 130 cm³/mol. The van der Waals surface area contributed by atoms with E-state index in [-0.39, 0.29) is 4.90 Å². The second-order valence-corrected chi connectivity index (χ2v) is 10.5. The first-order valence-electron chi connectivity index (χ1n) is 9.80. The Balaban J connectivity index is 1.62. The molecule has 0 saturated carbocycles. The number of hydrogen-bond donors (Lipinski definition) is 0. The molecule has 8 heteroatoms. The summed E-state index contributed by atoms with van der Waals surface area (Å²) < 4.78 is 31.3. The number of aromatic nitrogens is 2. The van der Waals surface area contributed by atoms with Crippen molar-refractivity contribution in [2.24, 2.45) is 0 Å². The Kier molecular flexibility index (Phi) is 6.60. The zero-order chi connectivity index (χ0) is 22.7. The summed E-state index contributed by atoms with van der Waals surface area (Å²) in [6, 6.07) is 22.1. The summed E-state index contributed by atoms with van der Waals surface area (Å²) >= 11 is 7.36. The van der Waals surface area contributed by atoms with Crippen molar-refractivity contribution in [1.82, 2.24) is 9.55 Å². The molecule has 0 bridgehead atoms. The van der Waals surface area contributed by atoms with E-state index in [1.54, 1.807) is 24.3 Å². The van der Waals surface area contributed by atoms with E-state index in [2.05, 4.69) is 0 Å². The van der Waals surface area contributed by atoms with Gasteiger partial charge in [-0.2, -0.15) is 0 Å². The molecule has 0 atom stereocenters. The number of rotatable bonds is 7. The van der Waals surface area contributed by atoms with Gasteiger partial charge in [-0.1, -0.05) is 29.3 Å². The van der Waals surface area contributed by atoms with E-state index in [4.69, 9.17) is 20.8 Å². The molecule has 1 heterocycles. The minimum absolute atomic E-state index is 0.275. The molecule has 4 aromatic rings. The number of nitrogens with zero attached hydrogens (tertiary/aromatic N) is 2. The molecule has 0 aliphatic heterocycles. The molecule has 0 aliphatic rings. The normalized spacial score (nSPS) is 11.5. The number of sulfone groups is 1. The molecule has 0 aliphatic carbocycles. The lowest BCUT2D eigenvalue weighted by atomic mass is 10.2. The molecule has 0 unspecified atom stereocenters. The molecule has 0 spiro atoms. The molecule has 164 valence electrons. The van der Waals surface area contributed by atoms with Gasteiger partial charge in [-0.25, -0.2) is 13.4 Å². The van der Waals surface area contributed by atoms with Gasteiger partial charge in [0, 0.05) is 28.7 Å². The van der Waals surface area contributed by atoms with Crippen molar-refractivity contribution in [1.29, 1.82) is 0 Å². The Hall–Kier alpha value is -2.74. The van der Waals surface area contributed by atoms with E-state index in [0.717, 1.165) is 28.5 Å². The van der Waals surface area contributed by atoms with E-state index < -0.39 is 9.84 Å². The first kappa shape index (κ1) is 22.5. The average molecular weight is 485 g/mol. The maximum atomic E-state index is 11.8. The van der Waals surface area contributed by atoms with E-state index in [0.29, 0.717) is 10.8 Å². The summed E-state index contributed by atoms with van der Waals surface area (Å²) in [6.07, 6.45) is 3.13. The Morgan fingerprint density at radius 2 is 1.62 bits per heavy atom. The number of imidazole rings is 1. The molecule has 5 nitrogen and oxygen atoms in total. The van der Waals surface area contributed by atoms with Crippen molar-refractivity contribution in [3.05, 3.63) is 95.3 Å². The van der Waals surface area contributed by atoms with Crippen LogP contribution in [0.1, 0.15) is 11.3 Å². The number of hydrogen-bond acceptors (Lipinski definition) is 5. The Bertz CT molecular complexity index is 1320. The second-order valence-electron chi connectivity index (χ2n) is 7.36. The Morgan fingerprint density at radius 1 is 0.969 bits per heavy atom. The quantitative estimate of drug-likeness (QED) is 0.295. The Morgan fingerprint density at radius 3 is 2.25 bits per heavy atom. The van der Waals surface area contributed by atoms with Gasteiger partial charge < -0.3 is 4.18 Å². The van der Waals surface area contributed by atoms with Gasteiger partial charge in [0.05, 0.1) is 28.4 Å². The van der Waals surface area contributed by atoms with Crippen molar-refractivity contribution in [3.8, 4) is 22.8 Å². The molecule has 0 N–H and O–H groups in total. The minimum atomic E-state index is -3.26. The van der Waals surface area contributed by atoms with Crippen molar-refractivity contribution < 1.29 is 12.6 Å². The summed E-state index contributed by atoms with van der Waals surface area (Å²) in [5.74, 6) is 2.07. The second kappa shape index (κ2) is 9.40. The van der Waals surface area contributed by atoms with Gasteiger partial charge in [-0.05, 0) is 67.6 Å². The number of benzene rings is 3. The van der Waals surface area contributed by atoms with Crippen LogP contribution in [0.3, 0.4) is 0 Å². The first-order valence-corrected chi connectivity index (χ1v) is 13.0. The molecule has 32 heavy (non-hydrogen) atoms. The lowest BCUT2D eigenvalue weighted by Gasteiger charge is -2.09. The van der Waals surface area contributed by atoms with E-state index >= 15 is 0 Å². The van der Waals surface area contributed by atoms with Crippen LogP contribution in [0.2, 0.25) is 5.02 Å². The topological polar surface area (TPSA) is 61.2 Å². The zero-order valence-corrected chi connectivity index (χ0v) is 19.9. The van der Waals surface area contributed by atoms with Crippen LogP contribution in [-0.4, -0.2) is 24.2 Å². The first-order chi connectivity index (χ1) is 15.3. The highest BCUT2D eigenvalue weighted by Gasteiger charge is 2.14. The highest BCUT2D eigenvalue weighted by molar-refractivity contribution is 7.94. The fourth-order valence-corrected chi connectivity index (χ4v) is 4.43. The fourth-order valence-electron chi connectivity index (χ4n) is 3.10. The van der Waals surface area contributed by atoms with Crippen LogP contribution in [0.15, 0.2) is 83.9 Å². The molecule has 3 aromatic carbocycles. The van der Waals surface area contributed by atoms with Gasteiger partial charge in [-0.3, -0.25) is 4.57 Å². The van der Waals surface area contributed by atoms with E-state index in [9.17, 15) is 8.42 Å². The number of aryl methyl sites for hydroxylation is 1. The van der Waals surface area contributed by atoms with E-state index in [1.165, 1.54) is 23.9 Å². The van der Waals surface area contributed by atoms with Crippen molar-refractivity contribution in [2.75, 3.05) is 6.26 Å². The van der Waals surface area contributed by atoms with Crippen LogP contribution in [0.5, 0.6) is 5.75 Å². The molecule has 0 fully saturated rings. The third-order valence-electron chi connectivity index (χ3n) is 4.78.